The third-order valence-electron chi connectivity index (χ3n) is 3.26. The summed E-state index contributed by atoms with van der Waals surface area (Å²) in [5, 5.41) is 12.4. The first-order valence-electron chi connectivity index (χ1n) is 6.74. The van der Waals surface area contributed by atoms with Crippen molar-refractivity contribution in [3.63, 3.8) is 0 Å². The van der Waals surface area contributed by atoms with Crippen LogP contribution >= 0.6 is 0 Å². The van der Waals surface area contributed by atoms with Crippen LogP contribution in [0.4, 0.5) is 0 Å². The van der Waals surface area contributed by atoms with E-state index in [2.05, 4.69) is 60.8 Å². The largest absolute Gasteiger partial charge is 0.395 e. The maximum Gasteiger partial charge on any atom is 0.0556 e. The van der Waals surface area contributed by atoms with Gasteiger partial charge < -0.3 is 10.4 Å². The Morgan fingerprint density at radius 1 is 1.00 bits per heavy atom. The number of rotatable bonds is 6. The monoisotopic (exact) mass is 255 g/mol. The summed E-state index contributed by atoms with van der Waals surface area (Å²) < 4.78 is 0. The number of hydrogen-bond donors (Lipinski definition) is 2. The van der Waals surface area contributed by atoms with Gasteiger partial charge in [0.2, 0.25) is 0 Å². The number of hydrogen-bond acceptors (Lipinski definition) is 2. The van der Waals surface area contributed by atoms with Crippen molar-refractivity contribution < 1.29 is 5.11 Å². The van der Waals surface area contributed by atoms with Gasteiger partial charge in [0.1, 0.15) is 0 Å². The van der Waals surface area contributed by atoms with Crippen LogP contribution in [-0.4, -0.2) is 18.3 Å². The lowest BCUT2D eigenvalue weighted by Gasteiger charge is -2.19. The maximum absolute atomic E-state index is 9.01. The van der Waals surface area contributed by atoms with Gasteiger partial charge in [-0.05, 0) is 24.5 Å². The average molecular weight is 255 g/mol. The molecule has 0 saturated heterocycles. The summed E-state index contributed by atoms with van der Waals surface area (Å²) in [7, 11) is 0. The lowest BCUT2D eigenvalue weighted by atomic mass is 9.98. The van der Waals surface area contributed by atoms with E-state index in [0.717, 1.165) is 6.42 Å². The Morgan fingerprint density at radius 3 is 2.32 bits per heavy atom. The van der Waals surface area contributed by atoms with Gasteiger partial charge in [0.05, 0.1) is 6.61 Å². The van der Waals surface area contributed by atoms with Crippen LogP contribution in [0.15, 0.2) is 54.6 Å². The fourth-order valence-corrected chi connectivity index (χ4v) is 2.20. The van der Waals surface area contributed by atoms with Crippen molar-refractivity contribution in [2.24, 2.45) is 0 Å². The van der Waals surface area contributed by atoms with Gasteiger partial charge in [-0.25, -0.2) is 0 Å². The molecule has 0 unspecified atom stereocenters. The Morgan fingerprint density at radius 2 is 1.68 bits per heavy atom. The van der Waals surface area contributed by atoms with Crippen LogP contribution in [0, 0.1) is 6.92 Å². The van der Waals surface area contributed by atoms with Crippen LogP contribution in [-0.2, 0) is 6.42 Å². The van der Waals surface area contributed by atoms with Crippen molar-refractivity contribution >= 4 is 0 Å². The summed E-state index contributed by atoms with van der Waals surface area (Å²) in [4.78, 5) is 0. The second kappa shape index (κ2) is 7.07. The minimum Gasteiger partial charge on any atom is -0.395 e. The molecular weight excluding hydrogens is 234 g/mol. The first-order chi connectivity index (χ1) is 9.29. The molecule has 2 aromatic carbocycles. The zero-order valence-electron chi connectivity index (χ0n) is 11.3. The fourth-order valence-electron chi connectivity index (χ4n) is 2.20. The minimum atomic E-state index is 0.164. The molecule has 100 valence electrons. The Labute approximate surface area is 115 Å². The van der Waals surface area contributed by atoms with Crippen molar-refractivity contribution in [1.29, 1.82) is 0 Å². The van der Waals surface area contributed by atoms with Crippen molar-refractivity contribution in [3.05, 3.63) is 71.3 Å². The van der Waals surface area contributed by atoms with Gasteiger partial charge in [0, 0.05) is 12.6 Å². The second-order valence-electron chi connectivity index (χ2n) is 4.83. The zero-order valence-corrected chi connectivity index (χ0v) is 11.3. The molecule has 0 saturated carbocycles. The Hall–Kier alpha value is -1.64. The summed E-state index contributed by atoms with van der Waals surface area (Å²) in [6, 6.07) is 19.3. The van der Waals surface area contributed by atoms with Gasteiger partial charge in [-0.1, -0.05) is 60.2 Å². The third-order valence-corrected chi connectivity index (χ3v) is 3.26. The summed E-state index contributed by atoms with van der Waals surface area (Å²) in [6.07, 6.45) is 0.934. The summed E-state index contributed by atoms with van der Waals surface area (Å²) in [6.45, 7) is 2.87. The molecule has 2 rings (SSSR count). The number of nitrogens with one attached hydrogen (secondary N) is 1. The van der Waals surface area contributed by atoms with Crippen LogP contribution in [0.2, 0.25) is 0 Å². The first kappa shape index (κ1) is 13.8. The van der Waals surface area contributed by atoms with E-state index in [1.807, 2.05) is 6.07 Å². The Balaban J connectivity index is 2.13. The Kier molecular flexibility index (Phi) is 5.13. The highest BCUT2D eigenvalue weighted by Crippen LogP contribution is 2.18. The number of aliphatic hydroxyl groups is 1. The van der Waals surface area contributed by atoms with E-state index in [4.69, 9.17) is 5.11 Å². The van der Waals surface area contributed by atoms with Gasteiger partial charge in [-0.3, -0.25) is 0 Å². The SMILES string of the molecule is Cc1ccc([C@H](Cc2ccccc2)NCCO)cc1. The van der Waals surface area contributed by atoms with E-state index in [1.54, 1.807) is 0 Å². The average Bonchev–Trinajstić information content (AvgIpc) is 2.45. The molecule has 2 nitrogen and oxygen atoms in total. The van der Waals surface area contributed by atoms with Crippen molar-refractivity contribution in [1.82, 2.24) is 5.32 Å². The highest BCUT2D eigenvalue weighted by atomic mass is 16.3. The van der Waals surface area contributed by atoms with Gasteiger partial charge >= 0.3 is 0 Å². The van der Waals surface area contributed by atoms with Crippen LogP contribution in [0.3, 0.4) is 0 Å². The summed E-state index contributed by atoms with van der Waals surface area (Å²) in [5.41, 5.74) is 3.84. The van der Waals surface area contributed by atoms with E-state index in [9.17, 15) is 0 Å². The smallest absolute Gasteiger partial charge is 0.0556 e. The first-order valence-corrected chi connectivity index (χ1v) is 6.74. The van der Waals surface area contributed by atoms with Crippen molar-refractivity contribution in [2.45, 2.75) is 19.4 Å². The molecule has 19 heavy (non-hydrogen) atoms. The second-order valence-corrected chi connectivity index (χ2v) is 4.83. The van der Waals surface area contributed by atoms with Gasteiger partial charge in [-0.15, -0.1) is 0 Å². The maximum atomic E-state index is 9.01. The van der Waals surface area contributed by atoms with E-state index >= 15 is 0 Å². The molecule has 0 amide bonds. The van der Waals surface area contributed by atoms with Crippen molar-refractivity contribution in [2.75, 3.05) is 13.2 Å². The van der Waals surface area contributed by atoms with Gasteiger partial charge in [0.15, 0.2) is 0 Å². The third kappa shape index (κ3) is 4.19. The van der Waals surface area contributed by atoms with E-state index in [0.29, 0.717) is 6.54 Å². The topological polar surface area (TPSA) is 32.3 Å². The molecular formula is C17H21NO. The predicted molar refractivity (Wildman–Crippen MR) is 79.2 cm³/mol. The molecule has 0 aliphatic rings. The van der Waals surface area contributed by atoms with Crippen LogP contribution in [0.1, 0.15) is 22.7 Å². The van der Waals surface area contributed by atoms with E-state index in [-0.39, 0.29) is 12.6 Å². The quantitative estimate of drug-likeness (QED) is 0.832. The zero-order chi connectivity index (χ0) is 13.5. The number of aryl methyl sites for hydroxylation is 1. The minimum absolute atomic E-state index is 0.164. The predicted octanol–water partition coefficient (Wildman–Crippen LogP) is 2.86. The molecule has 1 atom stereocenters. The number of aliphatic hydroxyl groups excluding tert-OH is 1. The molecule has 0 aromatic heterocycles. The molecule has 0 heterocycles. The number of benzene rings is 2. The fraction of sp³-hybridized carbons (Fsp3) is 0.294. The van der Waals surface area contributed by atoms with Crippen LogP contribution in [0.5, 0.6) is 0 Å². The normalized spacial score (nSPS) is 12.3. The van der Waals surface area contributed by atoms with Gasteiger partial charge in [-0.2, -0.15) is 0 Å². The summed E-state index contributed by atoms with van der Waals surface area (Å²) >= 11 is 0. The Bertz CT molecular complexity index is 478. The van der Waals surface area contributed by atoms with E-state index in [1.165, 1.54) is 16.7 Å². The standard InChI is InChI=1S/C17H21NO/c1-14-7-9-16(10-8-14)17(18-11-12-19)13-15-5-3-2-4-6-15/h2-10,17-19H,11-13H2,1H3/t17-/m0/s1. The molecule has 0 fully saturated rings. The highest BCUT2D eigenvalue weighted by molar-refractivity contribution is 5.26. The molecule has 2 heteroatoms. The molecule has 0 radical (unpaired) electrons. The summed E-state index contributed by atoms with van der Waals surface area (Å²) in [5.74, 6) is 0. The molecule has 2 N–H and O–H groups in total. The van der Waals surface area contributed by atoms with Crippen LogP contribution < -0.4 is 5.32 Å². The van der Waals surface area contributed by atoms with Gasteiger partial charge in [0.25, 0.3) is 0 Å². The highest BCUT2D eigenvalue weighted by Gasteiger charge is 2.11. The molecule has 0 bridgehead atoms. The molecule has 0 aliphatic carbocycles. The van der Waals surface area contributed by atoms with E-state index < -0.39 is 0 Å². The lowest BCUT2D eigenvalue weighted by Crippen LogP contribution is -2.26. The lowest BCUT2D eigenvalue weighted by molar-refractivity contribution is 0.284. The molecule has 0 spiro atoms. The van der Waals surface area contributed by atoms with Crippen molar-refractivity contribution in [3.8, 4) is 0 Å². The van der Waals surface area contributed by atoms with Crippen LogP contribution in [0.25, 0.3) is 0 Å². The molecule has 2 aromatic rings. The molecule has 0 aliphatic heterocycles.